The van der Waals surface area contributed by atoms with Crippen LogP contribution in [0.5, 0.6) is 0 Å². The number of alkyl halides is 3. The summed E-state index contributed by atoms with van der Waals surface area (Å²) in [6.45, 7) is 5.73. The molecule has 7 nitrogen and oxygen atoms in total. The predicted octanol–water partition coefficient (Wildman–Crippen LogP) is 9.38. The molecule has 2 bridgehead atoms. The van der Waals surface area contributed by atoms with Crippen molar-refractivity contribution in [3.8, 4) is 11.3 Å². The lowest BCUT2D eigenvalue weighted by Crippen LogP contribution is -2.48. The van der Waals surface area contributed by atoms with Crippen LogP contribution in [0.4, 0.5) is 18.0 Å². The van der Waals surface area contributed by atoms with Crippen LogP contribution in [0.1, 0.15) is 97.5 Å². The lowest BCUT2D eigenvalue weighted by atomic mass is 9.65. The monoisotopic (exact) mass is 713 g/mol. The van der Waals surface area contributed by atoms with E-state index in [4.69, 9.17) is 25.5 Å². The third kappa shape index (κ3) is 6.99. The molecule has 0 radical (unpaired) electrons. The van der Waals surface area contributed by atoms with Crippen molar-refractivity contribution in [3.05, 3.63) is 93.2 Å². The normalized spacial score (nSPS) is 25.8. The van der Waals surface area contributed by atoms with Crippen LogP contribution >= 0.6 is 11.6 Å². The molecule has 3 aliphatic carbocycles. The van der Waals surface area contributed by atoms with Gasteiger partial charge in [-0.3, -0.25) is 4.79 Å². The first kappa shape index (κ1) is 36.2. The van der Waals surface area contributed by atoms with Gasteiger partial charge < -0.3 is 23.9 Å². The molecule has 4 atom stereocenters. The molecule has 1 aromatic heterocycles. The van der Waals surface area contributed by atoms with Gasteiger partial charge in [-0.1, -0.05) is 42.3 Å². The fourth-order valence-corrected chi connectivity index (χ4v) is 8.39. The van der Waals surface area contributed by atoms with Crippen molar-refractivity contribution in [1.82, 2.24) is 4.90 Å². The molecule has 1 N–H and O–H groups in total. The number of rotatable bonds is 7. The van der Waals surface area contributed by atoms with Gasteiger partial charge in [-0.25, -0.2) is 4.79 Å². The number of allylic oxidation sites excluding steroid dienone is 2. The van der Waals surface area contributed by atoms with Crippen LogP contribution in [0.3, 0.4) is 0 Å². The molecular formula is C39H43ClF3NO6. The van der Waals surface area contributed by atoms with Crippen molar-refractivity contribution in [2.75, 3.05) is 26.8 Å². The lowest BCUT2D eigenvalue weighted by Gasteiger charge is -2.43. The van der Waals surface area contributed by atoms with E-state index in [0.717, 1.165) is 42.2 Å². The number of hydrogen-bond donors (Lipinski definition) is 1. The van der Waals surface area contributed by atoms with Gasteiger partial charge in [0.25, 0.3) is 0 Å². The maximum absolute atomic E-state index is 14.4. The van der Waals surface area contributed by atoms with Crippen LogP contribution in [0, 0.1) is 5.41 Å². The fraction of sp³-hybridized carbons (Fsp3) is 0.487. The van der Waals surface area contributed by atoms with Crippen LogP contribution in [0.25, 0.3) is 11.3 Å². The third-order valence-electron chi connectivity index (χ3n) is 11.0. The number of benzene rings is 2. The second kappa shape index (κ2) is 14.2. The van der Waals surface area contributed by atoms with E-state index in [9.17, 15) is 27.9 Å². The Morgan fingerprint density at radius 2 is 1.92 bits per heavy atom. The number of nitrogens with zero attached hydrogens (tertiary/aromatic N) is 1. The van der Waals surface area contributed by atoms with Gasteiger partial charge in [0.05, 0.1) is 23.2 Å². The topological polar surface area (TPSA) is 89.2 Å². The Hall–Kier alpha value is -3.60. The van der Waals surface area contributed by atoms with Crippen molar-refractivity contribution in [1.29, 1.82) is 0 Å². The minimum absolute atomic E-state index is 0.0267. The van der Waals surface area contributed by atoms with Gasteiger partial charge in [-0.15, -0.1) is 0 Å². The van der Waals surface area contributed by atoms with Gasteiger partial charge in [-0.05, 0) is 112 Å². The summed E-state index contributed by atoms with van der Waals surface area (Å²) in [6, 6.07) is 11.6. The molecule has 2 aromatic carbocycles. The summed E-state index contributed by atoms with van der Waals surface area (Å²) < 4.78 is 58.1. The highest BCUT2D eigenvalue weighted by atomic mass is 35.5. The quantitative estimate of drug-likeness (QED) is 0.149. The number of furan rings is 1. The second-order valence-corrected chi connectivity index (χ2v) is 14.6. The smallest absolute Gasteiger partial charge is 0.416 e. The van der Waals surface area contributed by atoms with Gasteiger partial charge in [0.1, 0.15) is 11.4 Å². The second-order valence-electron chi connectivity index (χ2n) is 14.2. The molecule has 50 heavy (non-hydrogen) atoms. The number of fused-ring (bicyclic) bond motifs is 8. The van der Waals surface area contributed by atoms with E-state index in [1.54, 1.807) is 18.1 Å². The summed E-state index contributed by atoms with van der Waals surface area (Å²) in [4.78, 5) is 29.5. The first-order chi connectivity index (χ1) is 23.7. The maximum atomic E-state index is 14.4. The SMILES string of the molecule is COCCCN1CC2(CCC3c4ccc(cc4C(=O)c4ccc(-c5cc(C(F)(F)F)ccc5Cl)o4)CC(O)CCC(C)=CCCC32C)OC1=O. The predicted molar refractivity (Wildman–Crippen MR) is 183 cm³/mol. The van der Waals surface area contributed by atoms with E-state index in [-0.39, 0.29) is 34.1 Å². The number of ether oxygens (including phenoxy) is 2. The largest absolute Gasteiger partial charge is 0.453 e. The molecule has 1 saturated heterocycles. The number of carbonyl (C=O) groups excluding carboxylic acids is 2. The Balaban J connectivity index is 1.41. The van der Waals surface area contributed by atoms with Gasteiger partial charge >= 0.3 is 12.3 Å². The van der Waals surface area contributed by atoms with Gasteiger partial charge in [0.15, 0.2) is 5.76 Å². The number of aliphatic hydroxyl groups is 1. The van der Waals surface area contributed by atoms with Crippen LogP contribution in [0.2, 0.25) is 5.02 Å². The zero-order valence-electron chi connectivity index (χ0n) is 28.6. The molecule has 2 fully saturated rings. The summed E-state index contributed by atoms with van der Waals surface area (Å²) in [5, 5.41) is 11.0. The Labute approximate surface area is 295 Å². The molecule has 1 spiro atoms. The zero-order valence-corrected chi connectivity index (χ0v) is 29.3. The van der Waals surface area contributed by atoms with Gasteiger partial charge in [0.2, 0.25) is 5.78 Å². The highest BCUT2D eigenvalue weighted by Gasteiger charge is 2.63. The lowest BCUT2D eigenvalue weighted by molar-refractivity contribution is -0.137. The average Bonchev–Trinajstić information content (AvgIpc) is 3.75. The van der Waals surface area contributed by atoms with E-state index in [1.165, 1.54) is 17.7 Å². The molecule has 1 aliphatic heterocycles. The first-order valence-corrected chi connectivity index (χ1v) is 17.6. The number of halogens is 4. The zero-order chi connectivity index (χ0) is 35.8. The number of aliphatic hydroxyl groups excluding tert-OH is 1. The summed E-state index contributed by atoms with van der Waals surface area (Å²) in [7, 11) is 1.63. The maximum Gasteiger partial charge on any atom is 0.416 e. The van der Waals surface area contributed by atoms with E-state index in [2.05, 4.69) is 19.9 Å². The Morgan fingerprint density at radius 1 is 1.12 bits per heavy atom. The standard InChI is InChI=1S/C39H43ClF3NO6/c1-24-6-4-16-37(2)31(15-17-38(37)23-44(36(47)50-38)18-5-19-48-3)28-11-8-25(20-27(45)10-7-24)21-29(28)35(46)34-14-13-33(49-34)30-22-26(39(41,42)43)9-12-32(30)40/h6,8-9,11-14,21-22,27,31,45H,4-5,7,10,15-20,23H2,1-3H3. The number of carbonyl (C=O) groups is 2. The molecule has 1 saturated carbocycles. The van der Waals surface area contributed by atoms with Crippen LogP contribution in [-0.2, 0) is 22.1 Å². The minimum Gasteiger partial charge on any atom is -0.453 e. The van der Waals surface area contributed by atoms with Crippen LogP contribution in [-0.4, -0.2) is 60.4 Å². The number of amides is 1. The Morgan fingerprint density at radius 3 is 2.68 bits per heavy atom. The summed E-state index contributed by atoms with van der Waals surface area (Å²) in [5.41, 5.74) is 0.979. The average molecular weight is 714 g/mol. The van der Waals surface area contributed by atoms with Crippen LogP contribution < -0.4 is 0 Å². The van der Waals surface area contributed by atoms with Crippen molar-refractivity contribution in [2.24, 2.45) is 5.41 Å². The van der Waals surface area contributed by atoms with E-state index in [1.807, 2.05) is 12.1 Å². The fourth-order valence-electron chi connectivity index (χ4n) is 8.18. The summed E-state index contributed by atoms with van der Waals surface area (Å²) >= 11 is 6.30. The number of methoxy groups -OCH3 is 1. The first-order valence-electron chi connectivity index (χ1n) is 17.2. The van der Waals surface area contributed by atoms with Gasteiger partial charge in [-0.2, -0.15) is 13.2 Å². The van der Waals surface area contributed by atoms with E-state index < -0.39 is 34.6 Å². The van der Waals surface area contributed by atoms with Crippen molar-refractivity contribution in [2.45, 2.75) is 89.0 Å². The molecule has 11 heteroatoms. The molecule has 4 aliphatic rings. The van der Waals surface area contributed by atoms with Crippen molar-refractivity contribution >= 4 is 23.5 Å². The third-order valence-corrected chi connectivity index (χ3v) is 11.4. The molecule has 268 valence electrons. The molecule has 1 amide bonds. The molecule has 4 unspecified atom stereocenters. The molecule has 7 rings (SSSR count). The highest BCUT2D eigenvalue weighted by Crippen LogP contribution is 2.61. The summed E-state index contributed by atoms with van der Waals surface area (Å²) in [5.74, 6) is -0.603. The highest BCUT2D eigenvalue weighted by molar-refractivity contribution is 6.33. The molecule has 2 heterocycles. The van der Waals surface area contributed by atoms with Crippen molar-refractivity contribution < 1.29 is 41.8 Å². The van der Waals surface area contributed by atoms with E-state index in [0.29, 0.717) is 63.8 Å². The molecule has 3 aromatic rings. The van der Waals surface area contributed by atoms with Gasteiger partial charge in [0, 0.05) is 36.8 Å². The number of ketones is 1. The Kier molecular flexibility index (Phi) is 10.3. The van der Waals surface area contributed by atoms with E-state index >= 15 is 0 Å². The van der Waals surface area contributed by atoms with Crippen molar-refractivity contribution in [3.63, 3.8) is 0 Å². The minimum atomic E-state index is -4.58. The summed E-state index contributed by atoms with van der Waals surface area (Å²) in [6.07, 6.45) is 1.71. The van der Waals surface area contributed by atoms with Crippen LogP contribution in [0.15, 0.2) is 64.6 Å². The molecular weight excluding hydrogens is 671 g/mol. The Bertz CT molecular complexity index is 1790. The number of hydrogen-bond acceptors (Lipinski definition) is 6.